The van der Waals surface area contributed by atoms with Gasteiger partial charge in [-0.3, -0.25) is 8.80 Å². The summed E-state index contributed by atoms with van der Waals surface area (Å²) in [4.78, 5) is 13.3. The summed E-state index contributed by atoms with van der Waals surface area (Å²) < 4.78 is 23.5. The summed E-state index contributed by atoms with van der Waals surface area (Å²) in [5, 5.41) is 4.52. The van der Waals surface area contributed by atoms with E-state index < -0.39 is 0 Å². The van der Waals surface area contributed by atoms with Crippen LogP contribution in [0, 0.1) is 5.82 Å². The number of rotatable bonds is 2. The second-order valence-electron chi connectivity index (χ2n) is 6.27. The van der Waals surface area contributed by atoms with Gasteiger partial charge in [-0.15, -0.1) is 0 Å². The third-order valence-electron chi connectivity index (χ3n) is 4.67. The van der Waals surface area contributed by atoms with Crippen molar-refractivity contribution in [1.82, 2.24) is 28.9 Å². The molecular formula is C17H11FN6O. The number of halogens is 1. The molecule has 0 atom stereocenters. The van der Waals surface area contributed by atoms with Gasteiger partial charge >= 0.3 is 0 Å². The number of imidazole rings is 2. The standard InChI is InChI=1S/C17H11FN6O/c18-10-2-1-3-11-12(10)15-19-6-7-23(15)17-13(20-8-24(11)17)16-21-14(22-25-16)9-4-5-9/h1-3,6-9H,4-5H2. The number of hydrogen-bond acceptors (Lipinski definition) is 5. The van der Waals surface area contributed by atoms with E-state index >= 15 is 0 Å². The average Bonchev–Trinajstić information content (AvgIpc) is 3.03. The smallest absolute Gasteiger partial charge is 0.280 e. The molecule has 0 saturated heterocycles. The molecule has 6 rings (SSSR count). The van der Waals surface area contributed by atoms with Gasteiger partial charge < -0.3 is 4.52 Å². The van der Waals surface area contributed by atoms with E-state index in [0.29, 0.717) is 34.1 Å². The van der Waals surface area contributed by atoms with Crippen LogP contribution >= 0.6 is 0 Å². The fourth-order valence-corrected chi connectivity index (χ4v) is 3.33. The molecule has 0 N–H and O–H groups in total. The maximum atomic E-state index is 14.4. The van der Waals surface area contributed by atoms with Crippen LogP contribution in [-0.2, 0) is 0 Å². The maximum Gasteiger partial charge on any atom is 0.280 e. The van der Waals surface area contributed by atoms with Gasteiger partial charge in [0.1, 0.15) is 12.1 Å². The van der Waals surface area contributed by atoms with Crippen molar-refractivity contribution in [2.24, 2.45) is 0 Å². The van der Waals surface area contributed by atoms with Gasteiger partial charge in [0, 0.05) is 18.3 Å². The molecule has 1 aliphatic rings. The Morgan fingerprint density at radius 1 is 1.16 bits per heavy atom. The molecule has 0 amide bonds. The van der Waals surface area contributed by atoms with Gasteiger partial charge in [-0.2, -0.15) is 4.98 Å². The Balaban J connectivity index is 1.74. The van der Waals surface area contributed by atoms with Crippen LogP contribution in [0.1, 0.15) is 24.6 Å². The topological polar surface area (TPSA) is 73.5 Å². The van der Waals surface area contributed by atoms with E-state index in [4.69, 9.17) is 4.52 Å². The lowest BCUT2D eigenvalue weighted by Gasteiger charge is -2.07. The van der Waals surface area contributed by atoms with E-state index in [9.17, 15) is 4.39 Å². The molecule has 25 heavy (non-hydrogen) atoms. The number of benzene rings is 1. The Kier molecular flexibility index (Phi) is 2.30. The van der Waals surface area contributed by atoms with Crippen molar-refractivity contribution in [3.05, 3.63) is 48.6 Å². The highest BCUT2D eigenvalue weighted by molar-refractivity contribution is 5.96. The van der Waals surface area contributed by atoms with Crippen LogP contribution in [0.25, 0.3) is 33.8 Å². The number of aromatic nitrogens is 6. The minimum Gasteiger partial charge on any atom is -0.332 e. The summed E-state index contributed by atoms with van der Waals surface area (Å²) in [5.41, 5.74) is 2.50. The molecule has 4 aromatic heterocycles. The van der Waals surface area contributed by atoms with E-state index in [1.165, 1.54) is 6.07 Å². The highest BCUT2D eigenvalue weighted by Crippen LogP contribution is 2.39. The van der Waals surface area contributed by atoms with Gasteiger partial charge in [0.15, 0.2) is 22.8 Å². The zero-order chi connectivity index (χ0) is 16.5. The van der Waals surface area contributed by atoms with E-state index in [0.717, 1.165) is 24.3 Å². The Hall–Kier alpha value is -3.29. The van der Waals surface area contributed by atoms with Gasteiger partial charge in [-0.1, -0.05) is 11.2 Å². The van der Waals surface area contributed by atoms with Crippen LogP contribution in [-0.4, -0.2) is 28.9 Å². The van der Waals surface area contributed by atoms with Crippen LogP contribution in [0.5, 0.6) is 0 Å². The van der Waals surface area contributed by atoms with E-state index in [2.05, 4.69) is 20.1 Å². The molecule has 1 saturated carbocycles. The predicted octanol–water partition coefficient (Wildman–Crippen LogP) is 3.20. The van der Waals surface area contributed by atoms with Crippen LogP contribution < -0.4 is 0 Å². The Bertz CT molecular complexity index is 1280. The summed E-state index contributed by atoms with van der Waals surface area (Å²) in [6.07, 6.45) is 7.26. The van der Waals surface area contributed by atoms with E-state index in [1.807, 2.05) is 10.5 Å². The molecule has 0 bridgehead atoms. The second kappa shape index (κ2) is 4.41. The van der Waals surface area contributed by atoms with Crippen molar-refractivity contribution in [1.29, 1.82) is 0 Å². The summed E-state index contributed by atoms with van der Waals surface area (Å²) in [6, 6.07) is 4.95. The zero-order valence-electron chi connectivity index (χ0n) is 12.9. The lowest BCUT2D eigenvalue weighted by molar-refractivity contribution is 0.422. The zero-order valence-corrected chi connectivity index (χ0v) is 12.9. The van der Waals surface area contributed by atoms with Gasteiger partial charge in [-0.25, -0.2) is 14.4 Å². The van der Waals surface area contributed by atoms with Gasteiger partial charge in [0.05, 0.1) is 10.9 Å². The molecule has 0 unspecified atom stereocenters. The Labute approximate surface area is 139 Å². The summed E-state index contributed by atoms with van der Waals surface area (Å²) in [5.74, 6) is 1.18. The third kappa shape index (κ3) is 1.68. The van der Waals surface area contributed by atoms with Crippen LogP contribution in [0.15, 0.2) is 41.4 Å². The van der Waals surface area contributed by atoms with Gasteiger partial charge in [0.2, 0.25) is 0 Å². The summed E-state index contributed by atoms with van der Waals surface area (Å²) in [6.45, 7) is 0. The predicted molar refractivity (Wildman–Crippen MR) is 86.7 cm³/mol. The number of hydrogen-bond donors (Lipinski definition) is 0. The fourth-order valence-electron chi connectivity index (χ4n) is 3.33. The van der Waals surface area contributed by atoms with Gasteiger partial charge in [0.25, 0.3) is 5.89 Å². The second-order valence-corrected chi connectivity index (χ2v) is 6.27. The molecule has 1 fully saturated rings. The maximum absolute atomic E-state index is 14.4. The molecule has 0 radical (unpaired) electrons. The van der Waals surface area contributed by atoms with Gasteiger partial charge in [-0.05, 0) is 25.0 Å². The van der Waals surface area contributed by atoms with Crippen LogP contribution in [0.3, 0.4) is 0 Å². The van der Waals surface area contributed by atoms with Crippen molar-refractivity contribution in [3.63, 3.8) is 0 Å². The summed E-state index contributed by atoms with van der Waals surface area (Å²) >= 11 is 0. The van der Waals surface area contributed by atoms with Crippen molar-refractivity contribution in [3.8, 4) is 11.6 Å². The molecule has 122 valence electrons. The lowest BCUT2D eigenvalue weighted by atomic mass is 10.2. The highest BCUT2D eigenvalue weighted by Gasteiger charge is 2.30. The molecule has 8 heteroatoms. The first-order chi connectivity index (χ1) is 12.3. The summed E-state index contributed by atoms with van der Waals surface area (Å²) in [7, 11) is 0. The quantitative estimate of drug-likeness (QED) is 0.496. The van der Waals surface area contributed by atoms with Crippen molar-refractivity contribution in [2.75, 3.05) is 0 Å². The number of nitrogens with zero attached hydrogens (tertiary/aromatic N) is 6. The fraction of sp³-hybridized carbons (Fsp3) is 0.176. The highest BCUT2D eigenvalue weighted by atomic mass is 19.1. The lowest BCUT2D eigenvalue weighted by Crippen LogP contribution is -1.98. The van der Waals surface area contributed by atoms with E-state index in [-0.39, 0.29) is 5.82 Å². The molecular weight excluding hydrogens is 323 g/mol. The average molecular weight is 334 g/mol. The normalized spacial score (nSPS) is 14.9. The number of fused-ring (bicyclic) bond motifs is 6. The largest absolute Gasteiger partial charge is 0.332 e. The molecule has 5 aromatic rings. The van der Waals surface area contributed by atoms with E-state index in [1.54, 1.807) is 29.2 Å². The van der Waals surface area contributed by atoms with Crippen molar-refractivity contribution < 1.29 is 8.91 Å². The molecule has 0 spiro atoms. The minimum atomic E-state index is -0.320. The van der Waals surface area contributed by atoms with Crippen molar-refractivity contribution in [2.45, 2.75) is 18.8 Å². The van der Waals surface area contributed by atoms with Crippen LogP contribution in [0.4, 0.5) is 4.39 Å². The van der Waals surface area contributed by atoms with Crippen LogP contribution in [0.2, 0.25) is 0 Å². The molecule has 1 aliphatic carbocycles. The molecule has 7 nitrogen and oxygen atoms in total. The first-order valence-electron chi connectivity index (χ1n) is 8.05. The third-order valence-corrected chi connectivity index (χ3v) is 4.67. The minimum absolute atomic E-state index is 0.320. The Morgan fingerprint density at radius 2 is 2.08 bits per heavy atom. The first kappa shape index (κ1) is 13.1. The molecule has 4 heterocycles. The first-order valence-corrected chi connectivity index (χ1v) is 8.05. The molecule has 1 aromatic carbocycles. The molecule has 0 aliphatic heterocycles. The SMILES string of the molecule is Fc1cccc2c1c1nccn1c1c(-c3nc(C4CC4)no3)ncn21. The van der Waals surface area contributed by atoms with Crippen molar-refractivity contribution >= 4 is 22.2 Å². The monoisotopic (exact) mass is 334 g/mol. The Morgan fingerprint density at radius 3 is 2.96 bits per heavy atom.